The molecule has 0 bridgehead atoms. The van der Waals surface area contributed by atoms with Gasteiger partial charge in [0.2, 0.25) is 5.91 Å². The van der Waals surface area contributed by atoms with Gasteiger partial charge in [0.15, 0.2) is 0 Å². The summed E-state index contributed by atoms with van der Waals surface area (Å²) >= 11 is 6.49. The van der Waals surface area contributed by atoms with Gasteiger partial charge in [-0.25, -0.2) is 9.59 Å². The third-order valence-electron chi connectivity index (χ3n) is 3.40. The van der Waals surface area contributed by atoms with E-state index in [4.69, 9.17) is 5.73 Å². The molecule has 0 aliphatic carbocycles. The maximum atomic E-state index is 11.5. The van der Waals surface area contributed by atoms with E-state index in [2.05, 4.69) is 46.7 Å². The number of rotatable bonds is 4. The van der Waals surface area contributed by atoms with Crippen molar-refractivity contribution >= 4 is 61.1 Å². The number of nitrogens with one attached hydrogen (secondary N) is 1. The van der Waals surface area contributed by atoms with Crippen LogP contribution in [0.3, 0.4) is 0 Å². The van der Waals surface area contributed by atoms with E-state index in [1.165, 1.54) is 14.2 Å². The first-order valence-electron chi connectivity index (χ1n) is 8.04. The van der Waals surface area contributed by atoms with E-state index < -0.39 is 11.9 Å². The highest BCUT2D eigenvalue weighted by molar-refractivity contribution is 9.10. The second-order valence-electron chi connectivity index (χ2n) is 5.31. The van der Waals surface area contributed by atoms with E-state index in [1.54, 1.807) is 43.3 Å². The summed E-state index contributed by atoms with van der Waals surface area (Å²) in [5.41, 5.74) is 7.14. The zero-order valence-electron chi connectivity index (χ0n) is 15.5. The second kappa shape index (κ2) is 11.5. The van der Waals surface area contributed by atoms with Crippen molar-refractivity contribution in [2.45, 2.75) is 13.3 Å². The molecular weight excluding hydrogens is 496 g/mol. The standard InChI is InChI=1S/C11H12BrNO3.C8H8BrNO2/c1-3-10(14)13-9-5-4-7(12)6-8(9)11(15)16-2;1-12-8(11)6-4-5(9)2-3-7(6)10/h4-6H,3H2,1-2H3,(H,13,14);2-4H,10H2,1H3. The van der Waals surface area contributed by atoms with E-state index >= 15 is 0 Å². The maximum absolute atomic E-state index is 11.5. The summed E-state index contributed by atoms with van der Waals surface area (Å²) < 4.78 is 10.7. The van der Waals surface area contributed by atoms with Crippen LogP contribution in [0.1, 0.15) is 34.1 Å². The predicted molar refractivity (Wildman–Crippen MR) is 114 cm³/mol. The largest absolute Gasteiger partial charge is 0.465 e. The Morgan fingerprint density at radius 1 is 0.929 bits per heavy atom. The molecule has 0 saturated heterocycles. The number of carbonyl (C=O) groups excluding carboxylic acids is 3. The van der Waals surface area contributed by atoms with Crippen molar-refractivity contribution < 1.29 is 23.9 Å². The molecule has 2 aromatic rings. The second-order valence-corrected chi connectivity index (χ2v) is 7.14. The number of carbonyl (C=O) groups is 3. The van der Waals surface area contributed by atoms with Gasteiger partial charge in [0.25, 0.3) is 0 Å². The van der Waals surface area contributed by atoms with Crippen LogP contribution >= 0.6 is 31.9 Å². The molecule has 0 atom stereocenters. The Hall–Kier alpha value is -2.39. The zero-order chi connectivity index (χ0) is 21.3. The highest BCUT2D eigenvalue weighted by Crippen LogP contribution is 2.22. The predicted octanol–water partition coefficient (Wildman–Crippen LogP) is 4.40. The Labute approximate surface area is 179 Å². The average Bonchev–Trinajstić information content (AvgIpc) is 2.70. The first kappa shape index (κ1) is 23.6. The number of benzene rings is 2. The number of nitrogens with two attached hydrogens (primary N) is 1. The molecule has 0 fully saturated rings. The summed E-state index contributed by atoms with van der Waals surface area (Å²) in [6.45, 7) is 1.74. The lowest BCUT2D eigenvalue weighted by Crippen LogP contribution is -2.14. The van der Waals surface area contributed by atoms with Gasteiger partial charge in [-0.05, 0) is 36.4 Å². The van der Waals surface area contributed by atoms with Gasteiger partial charge in [-0.3, -0.25) is 4.79 Å². The van der Waals surface area contributed by atoms with Crippen LogP contribution in [0.4, 0.5) is 11.4 Å². The third-order valence-corrected chi connectivity index (χ3v) is 4.39. The van der Waals surface area contributed by atoms with Gasteiger partial charge >= 0.3 is 11.9 Å². The number of halogens is 2. The van der Waals surface area contributed by atoms with E-state index in [0.717, 1.165) is 8.95 Å². The molecular formula is C19H20Br2N2O5. The normalized spacial score (nSPS) is 9.61. The van der Waals surface area contributed by atoms with Gasteiger partial charge in [-0.15, -0.1) is 0 Å². The molecule has 0 aromatic heterocycles. The molecule has 7 nitrogen and oxygen atoms in total. The third kappa shape index (κ3) is 6.97. The van der Waals surface area contributed by atoms with E-state index in [9.17, 15) is 14.4 Å². The molecule has 3 N–H and O–H groups in total. The number of amides is 1. The van der Waals surface area contributed by atoms with Gasteiger partial charge in [-0.2, -0.15) is 0 Å². The minimum Gasteiger partial charge on any atom is -0.465 e. The van der Waals surface area contributed by atoms with Crippen molar-refractivity contribution in [3.8, 4) is 0 Å². The molecule has 2 rings (SSSR count). The molecule has 0 aliphatic rings. The summed E-state index contributed by atoms with van der Waals surface area (Å²) in [5, 5.41) is 2.64. The Kier molecular flexibility index (Phi) is 9.67. The molecule has 1 amide bonds. The van der Waals surface area contributed by atoms with E-state index in [0.29, 0.717) is 28.9 Å². The number of esters is 2. The van der Waals surface area contributed by atoms with Crippen molar-refractivity contribution in [2.24, 2.45) is 0 Å². The molecule has 2 aromatic carbocycles. The van der Waals surface area contributed by atoms with Gasteiger partial charge in [-0.1, -0.05) is 38.8 Å². The highest BCUT2D eigenvalue weighted by Gasteiger charge is 2.13. The Morgan fingerprint density at radius 2 is 1.43 bits per heavy atom. The first-order valence-corrected chi connectivity index (χ1v) is 9.63. The number of methoxy groups -OCH3 is 2. The number of hydrogen-bond acceptors (Lipinski definition) is 6. The van der Waals surface area contributed by atoms with Crippen molar-refractivity contribution in [3.63, 3.8) is 0 Å². The van der Waals surface area contributed by atoms with Gasteiger partial charge in [0.1, 0.15) is 0 Å². The fourth-order valence-corrected chi connectivity index (χ4v) is 2.68. The summed E-state index contributed by atoms with van der Waals surface area (Å²) in [6, 6.07) is 10.1. The van der Waals surface area contributed by atoms with Crippen LogP contribution in [0.2, 0.25) is 0 Å². The SMILES string of the molecule is CCC(=O)Nc1ccc(Br)cc1C(=O)OC.COC(=O)c1cc(Br)ccc1N. The molecule has 0 spiro atoms. The lowest BCUT2D eigenvalue weighted by Gasteiger charge is -2.09. The van der Waals surface area contributed by atoms with Gasteiger partial charge in [0, 0.05) is 21.1 Å². The fraction of sp³-hybridized carbons (Fsp3) is 0.211. The fourth-order valence-electron chi connectivity index (χ4n) is 1.96. The maximum Gasteiger partial charge on any atom is 0.340 e. The van der Waals surface area contributed by atoms with E-state index in [-0.39, 0.29) is 5.91 Å². The topological polar surface area (TPSA) is 108 Å². The molecule has 0 unspecified atom stereocenters. The van der Waals surface area contributed by atoms with E-state index in [1.807, 2.05) is 0 Å². The van der Waals surface area contributed by atoms with Crippen molar-refractivity contribution in [3.05, 3.63) is 56.5 Å². The Bertz CT molecular complexity index is 871. The Morgan fingerprint density at radius 3 is 1.96 bits per heavy atom. The minimum atomic E-state index is -0.479. The molecule has 0 heterocycles. The van der Waals surface area contributed by atoms with Crippen molar-refractivity contribution in [2.75, 3.05) is 25.3 Å². The van der Waals surface area contributed by atoms with Crippen molar-refractivity contribution in [1.82, 2.24) is 0 Å². The summed E-state index contributed by atoms with van der Waals surface area (Å²) in [7, 11) is 2.62. The zero-order valence-corrected chi connectivity index (χ0v) is 18.7. The van der Waals surface area contributed by atoms with Gasteiger partial charge < -0.3 is 20.5 Å². The first-order chi connectivity index (χ1) is 13.2. The molecule has 9 heteroatoms. The highest BCUT2D eigenvalue weighted by atomic mass is 79.9. The van der Waals surface area contributed by atoms with Crippen LogP contribution in [-0.4, -0.2) is 32.1 Å². The molecule has 0 radical (unpaired) electrons. The summed E-state index contributed by atoms with van der Waals surface area (Å²) in [4.78, 5) is 33.8. The minimum absolute atomic E-state index is 0.146. The van der Waals surface area contributed by atoms with Crippen LogP contribution in [0.25, 0.3) is 0 Å². The molecule has 0 aliphatic heterocycles. The van der Waals surface area contributed by atoms with Crippen LogP contribution in [0, 0.1) is 0 Å². The molecule has 150 valence electrons. The smallest absolute Gasteiger partial charge is 0.340 e. The molecule has 28 heavy (non-hydrogen) atoms. The number of ether oxygens (including phenoxy) is 2. The lowest BCUT2D eigenvalue weighted by atomic mass is 10.1. The summed E-state index contributed by atoms with van der Waals surface area (Å²) in [5.74, 6) is -1.05. The van der Waals surface area contributed by atoms with Crippen LogP contribution in [0.5, 0.6) is 0 Å². The number of anilines is 2. The number of nitrogen functional groups attached to an aromatic ring is 1. The van der Waals surface area contributed by atoms with Crippen LogP contribution in [-0.2, 0) is 14.3 Å². The number of hydrogen-bond donors (Lipinski definition) is 2. The quantitative estimate of drug-likeness (QED) is 0.461. The average molecular weight is 516 g/mol. The van der Waals surface area contributed by atoms with Crippen LogP contribution in [0.15, 0.2) is 45.3 Å². The Balaban J connectivity index is 0.000000292. The molecule has 0 saturated carbocycles. The van der Waals surface area contributed by atoms with Crippen molar-refractivity contribution in [1.29, 1.82) is 0 Å². The van der Waals surface area contributed by atoms with Crippen LogP contribution < -0.4 is 11.1 Å². The monoisotopic (exact) mass is 514 g/mol. The summed E-state index contributed by atoms with van der Waals surface area (Å²) in [6.07, 6.45) is 0.358. The van der Waals surface area contributed by atoms with Gasteiger partial charge in [0.05, 0.1) is 31.0 Å². The lowest BCUT2D eigenvalue weighted by molar-refractivity contribution is -0.115.